The topological polar surface area (TPSA) is 103 Å². The van der Waals surface area contributed by atoms with Gasteiger partial charge in [-0.25, -0.2) is 9.78 Å². The van der Waals surface area contributed by atoms with E-state index < -0.39 is 5.97 Å². The second kappa shape index (κ2) is 12.4. The van der Waals surface area contributed by atoms with Crippen molar-refractivity contribution in [1.82, 2.24) is 9.66 Å². The molecule has 4 aromatic rings. The summed E-state index contributed by atoms with van der Waals surface area (Å²) in [6.45, 7) is 2.25. The molecule has 4 rings (SSSR count). The third kappa shape index (κ3) is 6.31. The number of carboxylic acids is 1. The van der Waals surface area contributed by atoms with Crippen LogP contribution in [0.4, 0.5) is 0 Å². The van der Waals surface area contributed by atoms with E-state index in [0.717, 1.165) is 27.4 Å². The Morgan fingerprint density at radius 3 is 2.55 bits per heavy atom. The summed E-state index contributed by atoms with van der Waals surface area (Å²) in [6.07, 6.45) is 3.97. The molecule has 0 aliphatic rings. The molecule has 0 unspecified atom stereocenters. The van der Waals surface area contributed by atoms with Crippen molar-refractivity contribution in [3.8, 4) is 11.5 Å². The van der Waals surface area contributed by atoms with Gasteiger partial charge in [-0.15, -0.1) is 0 Å². The molecule has 0 saturated heterocycles. The molecule has 10 heteroatoms. The number of fused-ring (bicyclic) bond motifs is 1. The van der Waals surface area contributed by atoms with Crippen LogP contribution < -0.4 is 15.0 Å². The van der Waals surface area contributed by atoms with Crippen molar-refractivity contribution in [2.75, 3.05) is 7.11 Å². The molecule has 1 N–H and O–H groups in total. The van der Waals surface area contributed by atoms with Crippen molar-refractivity contribution < 1.29 is 19.4 Å². The number of aryl methyl sites for hydroxylation is 1. The zero-order valence-electron chi connectivity index (χ0n) is 20.8. The van der Waals surface area contributed by atoms with Gasteiger partial charge in [0.2, 0.25) is 0 Å². The number of benzene rings is 3. The molecule has 0 atom stereocenters. The van der Waals surface area contributed by atoms with Gasteiger partial charge < -0.3 is 14.6 Å². The number of methoxy groups -OCH3 is 1. The number of nitrogens with zero attached hydrogens (tertiary/aromatic N) is 3. The monoisotopic (exact) mass is 641 g/mol. The summed E-state index contributed by atoms with van der Waals surface area (Å²) in [5.74, 6) is 0.490. The van der Waals surface area contributed by atoms with E-state index in [9.17, 15) is 9.59 Å². The number of carboxylic acid groups (broad SMARTS) is 1. The standard InChI is InChI=1S/C28H25Br2N3O5/c1-3-4-5-25-32-23-11-10-20(29)13-22(23)27(34)33(25)31-15-19-12-21(30)14-24(37-2)26(19)38-16-17-6-8-18(9-7-17)28(35)36/h6-15H,3-5,16H2,1-2H3,(H,35,36). The Balaban J connectivity index is 1.74. The lowest BCUT2D eigenvalue weighted by Crippen LogP contribution is -2.22. The third-order valence-corrected chi connectivity index (χ3v) is 6.75. The van der Waals surface area contributed by atoms with Crippen LogP contribution in [0.25, 0.3) is 10.9 Å². The highest BCUT2D eigenvalue weighted by atomic mass is 79.9. The number of hydrogen-bond acceptors (Lipinski definition) is 6. The van der Waals surface area contributed by atoms with Gasteiger partial charge in [-0.05, 0) is 54.4 Å². The summed E-state index contributed by atoms with van der Waals surface area (Å²) >= 11 is 6.93. The van der Waals surface area contributed by atoms with Crippen molar-refractivity contribution >= 4 is 54.9 Å². The maximum absolute atomic E-state index is 13.4. The lowest BCUT2D eigenvalue weighted by atomic mass is 10.1. The van der Waals surface area contributed by atoms with Gasteiger partial charge in [0.15, 0.2) is 11.5 Å². The van der Waals surface area contributed by atoms with Gasteiger partial charge in [-0.2, -0.15) is 9.78 Å². The first-order valence-corrected chi connectivity index (χ1v) is 13.5. The maximum Gasteiger partial charge on any atom is 0.335 e. The predicted octanol–water partition coefficient (Wildman–Crippen LogP) is 6.43. The summed E-state index contributed by atoms with van der Waals surface area (Å²) < 4.78 is 14.5. The number of halogens is 2. The van der Waals surface area contributed by atoms with E-state index in [-0.39, 0.29) is 17.7 Å². The molecular weight excluding hydrogens is 618 g/mol. The van der Waals surface area contributed by atoms with E-state index in [0.29, 0.717) is 40.2 Å². The van der Waals surface area contributed by atoms with E-state index in [2.05, 4.69) is 43.9 Å². The van der Waals surface area contributed by atoms with Crippen LogP contribution in [0.1, 0.15) is 47.1 Å². The molecule has 0 aliphatic carbocycles. The first-order valence-electron chi connectivity index (χ1n) is 11.9. The van der Waals surface area contributed by atoms with Crippen LogP contribution in [-0.4, -0.2) is 34.1 Å². The number of unbranched alkanes of at least 4 members (excludes halogenated alkanes) is 1. The number of ether oxygens (including phenoxy) is 2. The second-order valence-electron chi connectivity index (χ2n) is 8.47. The van der Waals surface area contributed by atoms with Gasteiger partial charge in [0, 0.05) is 20.9 Å². The highest BCUT2D eigenvalue weighted by molar-refractivity contribution is 9.10. The molecule has 38 heavy (non-hydrogen) atoms. The van der Waals surface area contributed by atoms with Crippen LogP contribution in [0.3, 0.4) is 0 Å². The zero-order chi connectivity index (χ0) is 27.2. The van der Waals surface area contributed by atoms with Gasteiger partial charge in [0.1, 0.15) is 12.4 Å². The summed E-state index contributed by atoms with van der Waals surface area (Å²) in [7, 11) is 1.54. The zero-order valence-corrected chi connectivity index (χ0v) is 24.0. The molecule has 0 bridgehead atoms. The summed E-state index contributed by atoms with van der Waals surface area (Å²) in [5.41, 5.74) is 1.92. The minimum atomic E-state index is -0.991. The quantitative estimate of drug-likeness (QED) is 0.200. The molecule has 1 heterocycles. The number of aromatic carboxylic acids is 1. The Labute approximate surface area is 236 Å². The van der Waals surface area contributed by atoms with Crippen LogP contribution in [0.5, 0.6) is 11.5 Å². The van der Waals surface area contributed by atoms with Crippen LogP contribution >= 0.6 is 31.9 Å². The minimum Gasteiger partial charge on any atom is -0.493 e. The normalized spacial score (nSPS) is 11.3. The Hall–Kier alpha value is -3.50. The van der Waals surface area contributed by atoms with Crippen molar-refractivity contribution in [2.45, 2.75) is 32.8 Å². The Kier molecular flexibility index (Phi) is 8.96. The maximum atomic E-state index is 13.4. The van der Waals surface area contributed by atoms with E-state index in [1.54, 1.807) is 30.5 Å². The molecular formula is C28H25Br2N3O5. The van der Waals surface area contributed by atoms with Gasteiger partial charge in [0.25, 0.3) is 5.56 Å². The first-order chi connectivity index (χ1) is 18.3. The molecule has 0 aliphatic heterocycles. The third-order valence-electron chi connectivity index (χ3n) is 5.79. The highest BCUT2D eigenvalue weighted by Gasteiger charge is 2.15. The van der Waals surface area contributed by atoms with Crippen molar-refractivity contribution in [2.24, 2.45) is 5.10 Å². The largest absolute Gasteiger partial charge is 0.493 e. The average Bonchev–Trinajstić information content (AvgIpc) is 2.91. The molecule has 1 aromatic heterocycles. The van der Waals surface area contributed by atoms with Crippen LogP contribution in [0.2, 0.25) is 0 Å². The minimum absolute atomic E-state index is 0.173. The summed E-state index contributed by atoms with van der Waals surface area (Å²) in [5, 5.41) is 14.1. The lowest BCUT2D eigenvalue weighted by molar-refractivity contribution is 0.0697. The van der Waals surface area contributed by atoms with Crippen LogP contribution in [0, 0.1) is 0 Å². The first kappa shape index (κ1) is 27.5. The summed E-state index contributed by atoms with van der Waals surface area (Å²) in [6, 6.07) is 15.4. The lowest BCUT2D eigenvalue weighted by Gasteiger charge is -2.15. The fourth-order valence-electron chi connectivity index (χ4n) is 3.82. The van der Waals surface area contributed by atoms with E-state index in [4.69, 9.17) is 19.6 Å². The van der Waals surface area contributed by atoms with Crippen molar-refractivity contribution in [3.63, 3.8) is 0 Å². The van der Waals surface area contributed by atoms with Gasteiger partial charge in [-0.1, -0.05) is 57.3 Å². The van der Waals surface area contributed by atoms with Gasteiger partial charge in [0.05, 0.1) is 29.8 Å². The SMILES string of the molecule is CCCCc1nc2ccc(Br)cc2c(=O)n1N=Cc1cc(Br)cc(OC)c1OCc1ccc(C(=O)O)cc1. The smallest absolute Gasteiger partial charge is 0.335 e. The van der Waals surface area contributed by atoms with Crippen LogP contribution in [0.15, 0.2) is 73.4 Å². The van der Waals surface area contributed by atoms with Crippen LogP contribution in [-0.2, 0) is 13.0 Å². The Morgan fingerprint density at radius 2 is 1.87 bits per heavy atom. The molecule has 0 amide bonds. The van der Waals surface area contributed by atoms with E-state index in [1.807, 2.05) is 18.2 Å². The van der Waals surface area contributed by atoms with Gasteiger partial charge >= 0.3 is 5.97 Å². The Bertz CT molecular complexity index is 1570. The summed E-state index contributed by atoms with van der Waals surface area (Å²) in [4.78, 5) is 29.3. The van der Waals surface area contributed by atoms with E-state index >= 15 is 0 Å². The molecule has 8 nitrogen and oxygen atoms in total. The number of carbonyl (C=O) groups is 1. The predicted molar refractivity (Wildman–Crippen MR) is 154 cm³/mol. The fourth-order valence-corrected chi connectivity index (χ4v) is 4.64. The molecule has 3 aromatic carbocycles. The Morgan fingerprint density at radius 1 is 1.11 bits per heavy atom. The molecule has 0 fully saturated rings. The average molecular weight is 643 g/mol. The number of rotatable bonds is 10. The number of aromatic nitrogens is 2. The molecule has 0 radical (unpaired) electrons. The fraction of sp³-hybridized carbons (Fsp3) is 0.214. The highest BCUT2D eigenvalue weighted by Crippen LogP contribution is 2.34. The number of hydrogen-bond donors (Lipinski definition) is 1. The molecule has 0 spiro atoms. The van der Waals surface area contributed by atoms with Gasteiger partial charge in [-0.3, -0.25) is 4.79 Å². The van der Waals surface area contributed by atoms with E-state index in [1.165, 1.54) is 23.9 Å². The van der Waals surface area contributed by atoms with Crippen molar-refractivity contribution in [1.29, 1.82) is 0 Å². The molecule has 0 saturated carbocycles. The second-order valence-corrected chi connectivity index (χ2v) is 10.3. The molecule has 196 valence electrons. The van der Waals surface area contributed by atoms with Crippen molar-refractivity contribution in [3.05, 3.63) is 96.4 Å².